The van der Waals surface area contributed by atoms with Crippen LogP contribution in [0.3, 0.4) is 0 Å². The quantitative estimate of drug-likeness (QED) is 0.323. The number of carbonyl (C=O) groups is 1. The number of para-hydroxylation sites is 1. The molecule has 0 spiro atoms. The SMILES string of the molecule is COc1ccccc1CCN=C(N)Nc1nc(-c2ccc(CNC(N)=O)s2)cs1. The van der Waals surface area contributed by atoms with Gasteiger partial charge in [0.25, 0.3) is 0 Å². The highest BCUT2D eigenvalue weighted by Gasteiger charge is 2.09. The van der Waals surface area contributed by atoms with Crippen molar-refractivity contribution in [2.75, 3.05) is 19.0 Å². The number of rotatable bonds is 8. The van der Waals surface area contributed by atoms with Crippen molar-refractivity contribution in [3.05, 3.63) is 52.2 Å². The van der Waals surface area contributed by atoms with Crippen molar-refractivity contribution in [3.8, 4) is 16.3 Å². The number of guanidine groups is 1. The van der Waals surface area contributed by atoms with Crippen LogP contribution in [-0.4, -0.2) is 30.6 Å². The maximum atomic E-state index is 10.8. The fraction of sp³-hybridized carbons (Fsp3) is 0.211. The Morgan fingerprint density at radius 3 is 2.86 bits per heavy atom. The molecule has 0 fully saturated rings. The fourth-order valence-electron chi connectivity index (χ4n) is 2.58. The smallest absolute Gasteiger partial charge is 0.312 e. The van der Waals surface area contributed by atoms with E-state index in [1.165, 1.54) is 11.3 Å². The summed E-state index contributed by atoms with van der Waals surface area (Å²) in [6, 6.07) is 11.2. The van der Waals surface area contributed by atoms with Crippen LogP contribution in [0.25, 0.3) is 10.6 Å². The van der Waals surface area contributed by atoms with E-state index in [-0.39, 0.29) is 0 Å². The molecule has 0 atom stereocenters. The van der Waals surface area contributed by atoms with Crippen molar-refractivity contribution >= 4 is 39.8 Å². The minimum atomic E-state index is -0.541. The number of benzene rings is 1. The molecule has 2 heterocycles. The molecule has 0 saturated carbocycles. The standard InChI is InChI=1S/C19H22N6O2S2/c1-27-15-5-3-2-4-12(15)8-9-22-17(20)25-19-24-14(11-28-19)16-7-6-13(29-16)10-23-18(21)26/h2-7,11H,8-10H2,1H3,(H3,21,23,26)(H3,20,22,24,25). The average Bonchev–Trinajstić information content (AvgIpc) is 3.36. The van der Waals surface area contributed by atoms with Gasteiger partial charge in [0.1, 0.15) is 5.75 Å². The molecule has 2 amide bonds. The first-order valence-corrected chi connectivity index (χ1v) is 10.5. The number of ether oxygens (including phenoxy) is 1. The molecule has 0 aliphatic rings. The Kier molecular flexibility index (Phi) is 7.04. The normalized spacial score (nSPS) is 11.3. The summed E-state index contributed by atoms with van der Waals surface area (Å²) in [6.07, 6.45) is 0.729. The van der Waals surface area contributed by atoms with Gasteiger partial charge in [-0.15, -0.1) is 22.7 Å². The van der Waals surface area contributed by atoms with Crippen molar-refractivity contribution in [2.24, 2.45) is 16.5 Å². The van der Waals surface area contributed by atoms with Crippen LogP contribution in [0.4, 0.5) is 9.93 Å². The lowest BCUT2D eigenvalue weighted by Gasteiger charge is -2.06. The third-order valence-corrected chi connectivity index (χ3v) is 5.81. The molecule has 3 rings (SSSR count). The highest BCUT2D eigenvalue weighted by Crippen LogP contribution is 2.30. The van der Waals surface area contributed by atoms with Crippen LogP contribution in [0.15, 0.2) is 46.8 Å². The minimum absolute atomic E-state index is 0.318. The summed E-state index contributed by atoms with van der Waals surface area (Å²) in [6.45, 7) is 0.944. The van der Waals surface area contributed by atoms with E-state index in [1.807, 2.05) is 41.8 Å². The van der Waals surface area contributed by atoms with E-state index in [0.717, 1.165) is 33.2 Å². The Labute approximate surface area is 176 Å². The molecule has 0 aliphatic heterocycles. The molecule has 3 aromatic rings. The molecule has 2 aromatic heterocycles. The van der Waals surface area contributed by atoms with Crippen LogP contribution in [0, 0.1) is 0 Å². The lowest BCUT2D eigenvalue weighted by Crippen LogP contribution is -2.28. The highest BCUT2D eigenvalue weighted by molar-refractivity contribution is 7.17. The minimum Gasteiger partial charge on any atom is -0.496 e. The molecule has 10 heteroatoms. The maximum Gasteiger partial charge on any atom is 0.312 e. The van der Waals surface area contributed by atoms with Crippen LogP contribution in [0.2, 0.25) is 0 Å². The van der Waals surface area contributed by atoms with E-state index in [4.69, 9.17) is 16.2 Å². The molecule has 0 unspecified atom stereocenters. The number of aromatic nitrogens is 1. The zero-order valence-electron chi connectivity index (χ0n) is 15.8. The fourth-order valence-corrected chi connectivity index (χ4v) is 4.28. The molecule has 1 aromatic carbocycles. The van der Waals surface area contributed by atoms with Crippen LogP contribution in [0.5, 0.6) is 5.75 Å². The number of methoxy groups -OCH3 is 1. The third kappa shape index (κ3) is 5.93. The predicted molar refractivity (Wildman–Crippen MR) is 119 cm³/mol. The zero-order chi connectivity index (χ0) is 20.6. The van der Waals surface area contributed by atoms with Gasteiger partial charge < -0.3 is 26.8 Å². The van der Waals surface area contributed by atoms with Crippen molar-refractivity contribution in [3.63, 3.8) is 0 Å². The Hall–Kier alpha value is -3.11. The Bertz CT molecular complexity index is 998. The number of nitrogens with zero attached hydrogens (tertiary/aromatic N) is 2. The van der Waals surface area contributed by atoms with Gasteiger partial charge in [0, 0.05) is 16.8 Å². The predicted octanol–water partition coefficient (Wildman–Crippen LogP) is 3.02. The number of primary amides is 1. The molecule has 0 saturated heterocycles. The van der Waals surface area contributed by atoms with Gasteiger partial charge in [0.15, 0.2) is 11.1 Å². The van der Waals surface area contributed by atoms with Gasteiger partial charge in [-0.3, -0.25) is 4.99 Å². The second-order valence-corrected chi connectivity index (χ2v) is 8.00. The van der Waals surface area contributed by atoms with Crippen molar-refractivity contribution in [2.45, 2.75) is 13.0 Å². The number of thiophene rings is 1. The molecule has 6 N–H and O–H groups in total. The number of aliphatic imine (C=N–C) groups is 1. The van der Waals surface area contributed by atoms with Gasteiger partial charge >= 0.3 is 6.03 Å². The van der Waals surface area contributed by atoms with Crippen LogP contribution in [0.1, 0.15) is 10.4 Å². The second-order valence-electron chi connectivity index (χ2n) is 5.98. The monoisotopic (exact) mass is 430 g/mol. The van der Waals surface area contributed by atoms with Crippen LogP contribution < -0.4 is 26.8 Å². The number of hydrogen-bond acceptors (Lipinski definition) is 6. The lowest BCUT2D eigenvalue weighted by atomic mass is 10.1. The maximum absolute atomic E-state index is 10.8. The molecule has 0 aliphatic carbocycles. The molecule has 29 heavy (non-hydrogen) atoms. The second kappa shape index (κ2) is 9.89. The van der Waals surface area contributed by atoms with Gasteiger partial charge in [-0.2, -0.15) is 0 Å². The number of carbonyl (C=O) groups excluding carboxylic acids is 1. The summed E-state index contributed by atoms with van der Waals surface area (Å²) in [7, 11) is 1.66. The third-order valence-electron chi connectivity index (χ3n) is 3.95. The van der Waals surface area contributed by atoms with Gasteiger partial charge in [0.05, 0.1) is 24.2 Å². The first-order chi connectivity index (χ1) is 14.0. The Balaban J connectivity index is 1.55. The summed E-state index contributed by atoms with van der Waals surface area (Å²) >= 11 is 3.00. The van der Waals surface area contributed by atoms with E-state index in [1.54, 1.807) is 18.4 Å². The zero-order valence-corrected chi connectivity index (χ0v) is 17.5. The van der Waals surface area contributed by atoms with Gasteiger partial charge in [-0.1, -0.05) is 18.2 Å². The number of amides is 2. The van der Waals surface area contributed by atoms with Gasteiger partial charge in [-0.25, -0.2) is 9.78 Å². The number of anilines is 1. The van der Waals surface area contributed by atoms with E-state index in [9.17, 15) is 4.79 Å². The summed E-state index contributed by atoms with van der Waals surface area (Å²) in [5.41, 5.74) is 13.0. The van der Waals surface area contributed by atoms with Crippen molar-refractivity contribution in [1.29, 1.82) is 0 Å². The van der Waals surface area contributed by atoms with Crippen LogP contribution in [-0.2, 0) is 13.0 Å². The van der Waals surface area contributed by atoms with Crippen LogP contribution >= 0.6 is 22.7 Å². The van der Waals surface area contributed by atoms with Crippen molar-refractivity contribution in [1.82, 2.24) is 10.3 Å². The molecular weight excluding hydrogens is 408 g/mol. The van der Waals surface area contributed by atoms with Crippen molar-refractivity contribution < 1.29 is 9.53 Å². The summed E-state index contributed by atoms with van der Waals surface area (Å²) in [4.78, 5) is 21.7. The number of nitrogens with one attached hydrogen (secondary N) is 2. The highest BCUT2D eigenvalue weighted by atomic mass is 32.1. The summed E-state index contributed by atoms with van der Waals surface area (Å²) in [5, 5.41) is 8.22. The Morgan fingerprint density at radius 2 is 2.07 bits per heavy atom. The average molecular weight is 431 g/mol. The largest absolute Gasteiger partial charge is 0.496 e. The Morgan fingerprint density at radius 1 is 1.24 bits per heavy atom. The first-order valence-electron chi connectivity index (χ1n) is 8.82. The van der Waals surface area contributed by atoms with E-state index in [0.29, 0.717) is 24.2 Å². The molecule has 152 valence electrons. The number of urea groups is 1. The molecule has 0 radical (unpaired) electrons. The topological polar surface area (TPSA) is 128 Å². The number of thiazole rings is 1. The number of hydrogen-bond donors (Lipinski definition) is 4. The van der Waals surface area contributed by atoms with Gasteiger partial charge in [0.2, 0.25) is 0 Å². The number of nitrogens with two attached hydrogens (primary N) is 2. The van der Waals surface area contributed by atoms with E-state index < -0.39 is 6.03 Å². The van der Waals surface area contributed by atoms with E-state index in [2.05, 4.69) is 20.6 Å². The summed E-state index contributed by atoms with van der Waals surface area (Å²) < 4.78 is 5.34. The molecule has 8 nitrogen and oxygen atoms in total. The van der Waals surface area contributed by atoms with E-state index >= 15 is 0 Å². The summed E-state index contributed by atoms with van der Waals surface area (Å²) in [5.74, 6) is 1.17. The molecular formula is C19H22N6O2S2. The van der Waals surface area contributed by atoms with Gasteiger partial charge in [-0.05, 0) is 30.2 Å². The first kappa shape index (κ1) is 20.6. The lowest BCUT2D eigenvalue weighted by molar-refractivity contribution is 0.248. The molecule has 0 bridgehead atoms.